The van der Waals surface area contributed by atoms with Gasteiger partial charge < -0.3 is 5.11 Å². The molecule has 0 aliphatic carbocycles. The summed E-state index contributed by atoms with van der Waals surface area (Å²) in [7, 11) is -3.97. The molecule has 0 bridgehead atoms. The molecule has 0 aromatic heterocycles. The molecule has 1 fully saturated rings. The van der Waals surface area contributed by atoms with Crippen LogP contribution in [0.2, 0.25) is 0 Å². The molecule has 0 saturated carbocycles. The van der Waals surface area contributed by atoms with Gasteiger partial charge >= 0.3 is 5.97 Å². The largest absolute Gasteiger partial charge is 0.480 e. The fourth-order valence-corrected chi connectivity index (χ4v) is 4.16. The van der Waals surface area contributed by atoms with Crippen molar-refractivity contribution in [2.24, 2.45) is 0 Å². The van der Waals surface area contributed by atoms with Gasteiger partial charge in [0, 0.05) is 12.1 Å². The summed E-state index contributed by atoms with van der Waals surface area (Å²) in [6.07, 6.45) is 0.771. The van der Waals surface area contributed by atoms with E-state index in [1.807, 2.05) is 0 Å². The standard InChI is InChI=1S/C12H14FNO4S/c1-8-9(13)4-2-6-11(8)19(17,18)14-7-3-5-10(14)12(15)16/h2,4,6,10H,3,5,7H2,1H3,(H,15,16)/t10-/m1/s1. The van der Waals surface area contributed by atoms with E-state index in [0.717, 1.165) is 4.31 Å². The monoisotopic (exact) mass is 287 g/mol. The number of carboxylic acid groups (broad SMARTS) is 1. The number of nitrogens with zero attached hydrogens (tertiary/aromatic N) is 1. The average molecular weight is 287 g/mol. The molecule has 0 amide bonds. The molecule has 0 radical (unpaired) electrons. The van der Waals surface area contributed by atoms with E-state index in [1.165, 1.54) is 25.1 Å². The topological polar surface area (TPSA) is 74.7 Å². The summed E-state index contributed by atoms with van der Waals surface area (Å²) >= 11 is 0. The number of sulfonamides is 1. The number of rotatable bonds is 3. The minimum absolute atomic E-state index is 0.0125. The smallest absolute Gasteiger partial charge is 0.322 e. The molecule has 1 aromatic rings. The van der Waals surface area contributed by atoms with E-state index < -0.39 is 27.9 Å². The Morgan fingerprint density at radius 2 is 2.16 bits per heavy atom. The zero-order valence-electron chi connectivity index (χ0n) is 10.3. The maximum absolute atomic E-state index is 13.5. The summed E-state index contributed by atoms with van der Waals surface area (Å²) in [5.74, 6) is -1.79. The van der Waals surface area contributed by atoms with Crippen molar-refractivity contribution in [1.29, 1.82) is 0 Å². The second-order valence-corrected chi connectivity index (χ2v) is 6.33. The third-order valence-corrected chi connectivity index (χ3v) is 5.35. The van der Waals surface area contributed by atoms with Crippen LogP contribution in [0.1, 0.15) is 18.4 Å². The van der Waals surface area contributed by atoms with Crippen molar-refractivity contribution in [2.45, 2.75) is 30.7 Å². The Bertz CT molecular complexity index is 614. The van der Waals surface area contributed by atoms with Gasteiger partial charge in [0.2, 0.25) is 10.0 Å². The van der Waals surface area contributed by atoms with Crippen molar-refractivity contribution in [2.75, 3.05) is 6.54 Å². The molecule has 1 aliphatic heterocycles. The van der Waals surface area contributed by atoms with Gasteiger partial charge in [0.1, 0.15) is 11.9 Å². The maximum Gasteiger partial charge on any atom is 0.322 e. The molecule has 7 heteroatoms. The van der Waals surface area contributed by atoms with Crippen molar-refractivity contribution in [3.05, 3.63) is 29.6 Å². The fraction of sp³-hybridized carbons (Fsp3) is 0.417. The van der Waals surface area contributed by atoms with Crippen LogP contribution in [-0.4, -0.2) is 36.4 Å². The quantitative estimate of drug-likeness (QED) is 0.911. The lowest BCUT2D eigenvalue weighted by Crippen LogP contribution is -2.40. The van der Waals surface area contributed by atoms with Gasteiger partial charge in [-0.05, 0) is 31.9 Å². The summed E-state index contributed by atoms with van der Waals surface area (Å²) in [5.41, 5.74) is 0.0125. The lowest BCUT2D eigenvalue weighted by molar-refractivity contribution is -0.140. The van der Waals surface area contributed by atoms with Crippen LogP contribution in [0.15, 0.2) is 23.1 Å². The Labute approximate surface area is 110 Å². The van der Waals surface area contributed by atoms with Crippen molar-refractivity contribution in [3.63, 3.8) is 0 Å². The first-order chi connectivity index (χ1) is 8.85. The Hall–Kier alpha value is -1.47. The van der Waals surface area contributed by atoms with E-state index in [2.05, 4.69) is 0 Å². The van der Waals surface area contributed by atoms with Crippen molar-refractivity contribution < 1.29 is 22.7 Å². The summed E-state index contributed by atoms with van der Waals surface area (Å²) in [6, 6.07) is 2.71. The van der Waals surface area contributed by atoms with E-state index in [-0.39, 0.29) is 23.4 Å². The zero-order valence-corrected chi connectivity index (χ0v) is 11.2. The summed E-state index contributed by atoms with van der Waals surface area (Å²) in [5, 5.41) is 9.04. The number of carboxylic acids is 1. The number of halogens is 1. The van der Waals surface area contributed by atoms with E-state index in [9.17, 15) is 17.6 Å². The van der Waals surface area contributed by atoms with Crippen LogP contribution in [0.4, 0.5) is 4.39 Å². The van der Waals surface area contributed by atoms with Crippen molar-refractivity contribution in [3.8, 4) is 0 Å². The lowest BCUT2D eigenvalue weighted by Gasteiger charge is -2.22. The molecule has 1 N–H and O–H groups in total. The van der Waals surface area contributed by atoms with E-state index in [4.69, 9.17) is 5.11 Å². The highest BCUT2D eigenvalue weighted by Crippen LogP contribution is 2.28. The molecule has 104 valence electrons. The number of hydrogen-bond donors (Lipinski definition) is 1. The lowest BCUT2D eigenvalue weighted by atomic mass is 10.2. The zero-order chi connectivity index (χ0) is 14.2. The predicted molar refractivity (Wildman–Crippen MR) is 65.7 cm³/mol. The molecular weight excluding hydrogens is 273 g/mol. The molecule has 19 heavy (non-hydrogen) atoms. The Balaban J connectivity index is 2.48. The van der Waals surface area contributed by atoms with E-state index >= 15 is 0 Å². The molecule has 0 unspecified atom stereocenters. The predicted octanol–water partition coefficient (Wildman–Crippen LogP) is 1.37. The number of benzene rings is 1. The van der Waals surface area contributed by atoms with Gasteiger partial charge in [0.15, 0.2) is 0 Å². The minimum Gasteiger partial charge on any atom is -0.480 e. The maximum atomic E-state index is 13.5. The number of carbonyl (C=O) groups is 1. The third-order valence-electron chi connectivity index (χ3n) is 3.29. The minimum atomic E-state index is -3.97. The molecule has 1 saturated heterocycles. The fourth-order valence-electron chi connectivity index (χ4n) is 2.27. The SMILES string of the molecule is Cc1c(F)cccc1S(=O)(=O)N1CCC[C@@H]1C(=O)O. The second-order valence-electron chi connectivity index (χ2n) is 4.47. The van der Waals surface area contributed by atoms with Crippen LogP contribution in [0.3, 0.4) is 0 Å². The molecule has 2 rings (SSSR count). The Kier molecular flexibility index (Phi) is 3.60. The first-order valence-corrected chi connectivity index (χ1v) is 7.29. The van der Waals surface area contributed by atoms with E-state index in [1.54, 1.807) is 0 Å². The number of aliphatic carboxylic acids is 1. The van der Waals surface area contributed by atoms with Crippen LogP contribution in [0.5, 0.6) is 0 Å². The van der Waals surface area contributed by atoms with Crippen LogP contribution in [0.25, 0.3) is 0 Å². The first kappa shape index (κ1) is 14.0. The van der Waals surface area contributed by atoms with E-state index in [0.29, 0.717) is 6.42 Å². The second kappa shape index (κ2) is 4.90. The van der Waals surface area contributed by atoms with Crippen LogP contribution in [0, 0.1) is 12.7 Å². The molecule has 1 heterocycles. The van der Waals surface area contributed by atoms with Gasteiger partial charge in [-0.25, -0.2) is 12.8 Å². The molecule has 1 aromatic carbocycles. The normalized spacial score (nSPS) is 20.6. The van der Waals surface area contributed by atoms with Gasteiger partial charge in [-0.2, -0.15) is 4.31 Å². The van der Waals surface area contributed by atoms with Gasteiger partial charge in [-0.15, -0.1) is 0 Å². The Morgan fingerprint density at radius 1 is 1.47 bits per heavy atom. The molecular formula is C12H14FNO4S. The van der Waals surface area contributed by atoms with Gasteiger partial charge in [0.25, 0.3) is 0 Å². The first-order valence-electron chi connectivity index (χ1n) is 5.85. The van der Waals surface area contributed by atoms with Gasteiger partial charge in [-0.3, -0.25) is 4.79 Å². The van der Waals surface area contributed by atoms with Crippen molar-refractivity contribution >= 4 is 16.0 Å². The molecule has 0 spiro atoms. The van der Waals surface area contributed by atoms with Crippen LogP contribution in [-0.2, 0) is 14.8 Å². The molecule has 1 atom stereocenters. The van der Waals surface area contributed by atoms with Crippen LogP contribution >= 0.6 is 0 Å². The summed E-state index contributed by atoms with van der Waals surface area (Å²) in [6.45, 7) is 1.52. The highest BCUT2D eigenvalue weighted by atomic mass is 32.2. The Morgan fingerprint density at radius 3 is 2.79 bits per heavy atom. The van der Waals surface area contributed by atoms with Gasteiger partial charge in [-0.1, -0.05) is 6.07 Å². The number of hydrogen-bond acceptors (Lipinski definition) is 3. The third kappa shape index (κ3) is 2.35. The molecule has 1 aliphatic rings. The molecule has 5 nitrogen and oxygen atoms in total. The van der Waals surface area contributed by atoms with Crippen LogP contribution < -0.4 is 0 Å². The van der Waals surface area contributed by atoms with Gasteiger partial charge in [0.05, 0.1) is 4.90 Å². The summed E-state index contributed by atoms with van der Waals surface area (Å²) < 4.78 is 39.2. The van der Waals surface area contributed by atoms with Crippen molar-refractivity contribution in [1.82, 2.24) is 4.31 Å². The summed E-state index contributed by atoms with van der Waals surface area (Å²) in [4.78, 5) is 10.9. The average Bonchev–Trinajstić information content (AvgIpc) is 2.82. The highest BCUT2D eigenvalue weighted by Gasteiger charge is 2.40. The highest BCUT2D eigenvalue weighted by molar-refractivity contribution is 7.89.